The fourth-order valence-corrected chi connectivity index (χ4v) is 4.18. The molecule has 5 nitrogen and oxygen atoms in total. The number of piperazine rings is 1. The number of hydrogen-bond acceptors (Lipinski definition) is 4. The van der Waals surface area contributed by atoms with Crippen LogP contribution >= 0.6 is 11.3 Å². The second-order valence-electron chi connectivity index (χ2n) is 6.66. The van der Waals surface area contributed by atoms with E-state index in [1.54, 1.807) is 11.3 Å². The summed E-state index contributed by atoms with van der Waals surface area (Å²) in [6, 6.07) is 4.49. The quantitative estimate of drug-likeness (QED) is 0.675. The standard InChI is InChI=1S/C19H27N5S/c1-14-12-15(2)17(16(3)13-14)4-5-21-18(20)23-7-9-24(10-8-23)19-22-6-11-25-19/h6,11-13H,4-5,7-10H2,1-3H3,(H2,20,21). The van der Waals surface area contributed by atoms with Gasteiger partial charge in [0.25, 0.3) is 0 Å². The van der Waals surface area contributed by atoms with Crippen molar-refractivity contribution >= 4 is 22.4 Å². The Morgan fingerprint density at radius 2 is 1.84 bits per heavy atom. The van der Waals surface area contributed by atoms with Gasteiger partial charge < -0.3 is 15.5 Å². The van der Waals surface area contributed by atoms with E-state index in [0.29, 0.717) is 5.96 Å². The number of guanidine groups is 1. The third-order valence-electron chi connectivity index (χ3n) is 4.77. The van der Waals surface area contributed by atoms with Crippen LogP contribution in [0.5, 0.6) is 0 Å². The molecule has 134 valence electrons. The number of aliphatic imine (C=N–C) groups is 1. The lowest BCUT2D eigenvalue weighted by Crippen LogP contribution is -2.51. The van der Waals surface area contributed by atoms with Gasteiger partial charge in [0.15, 0.2) is 11.1 Å². The number of anilines is 1. The number of aryl methyl sites for hydroxylation is 3. The van der Waals surface area contributed by atoms with Gasteiger partial charge in [0.2, 0.25) is 0 Å². The first-order valence-corrected chi connectivity index (χ1v) is 9.68. The zero-order valence-electron chi connectivity index (χ0n) is 15.3. The summed E-state index contributed by atoms with van der Waals surface area (Å²) in [6.07, 6.45) is 2.80. The number of benzene rings is 1. The largest absolute Gasteiger partial charge is 0.370 e. The van der Waals surface area contributed by atoms with Crippen LogP contribution in [0.3, 0.4) is 0 Å². The highest BCUT2D eigenvalue weighted by Gasteiger charge is 2.19. The molecule has 1 fully saturated rings. The van der Waals surface area contributed by atoms with Crippen molar-refractivity contribution in [2.24, 2.45) is 10.7 Å². The Hall–Kier alpha value is -2.08. The normalized spacial score (nSPS) is 15.7. The van der Waals surface area contributed by atoms with Crippen LogP contribution in [0.4, 0.5) is 5.13 Å². The molecule has 0 aliphatic carbocycles. The third kappa shape index (κ3) is 4.31. The van der Waals surface area contributed by atoms with Crippen LogP contribution in [-0.2, 0) is 6.42 Å². The van der Waals surface area contributed by atoms with E-state index in [2.05, 4.69) is 52.7 Å². The Balaban J connectivity index is 1.53. The van der Waals surface area contributed by atoms with Gasteiger partial charge in [-0.15, -0.1) is 11.3 Å². The summed E-state index contributed by atoms with van der Waals surface area (Å²) in [4.78, 5) is 13.5. The fourth-order valence-electron chi connectivity index (χ4n) is 3.49. The number of nitrogens with two attached hydrogens (primary N) is 1. The first-order valence-electron chi connectivity index (χ1n) is 8.80. The highest BCUT2D eigenvalue weighted by atomic mass is 32.1. The Kier molecular flexibility index (Phi) is 5.58. The predicted molar refractivity (Wildman–Crippen MR) is 107 cm³/mol. The number of rotatable bonds is 4. The smallest absolute Gasteiger partial charge is 0.191 e. The van der Waals surface area contributed by atoms with Crippen LogP contribution in [0.2, 0.25) is 0 Å². The lowest BCUT2D eigenvalue weighted by molar-refractivity contribution is 0.380. The average Bonchev–Trinajstić information content (AvgIpc) is 3.11. The molecule has 1 aliphatic heterocycles. The number of nitrogens with zero attached hydrogens (tertiary/aromatic N) is 4. The molecule has 1 aromatic carbocycles. The minimum Gasteiger partial charge on any atom is -0.370 e. The molecule has 0 radical (unpaired) electrons. The molecule has 1 saturated heterocycles. The van der Waals surface area contributed by atoms with Crippen LogP contribution in [-0.4, -0.2) is 48.6 Å². The zero-order valence-corrected chi connectivity index (χ0v) is 16.1. The van der Waals surface area contributed by atoms with Gasteiger partial charge in [-0.2, -0.15) is 0 Å². The summed E-state index contributed by atoms with van der Waals surface area (Å²) >= 11 is 1.69. The molecule has 0 saturated carbocycles. The molecule has 25 heavy (non-hydrogen) atoms. The van der Waals surface area contributed by atoms with Crippen molar-refractivity contribution in [3.8, 4) is 0 Å². The molecule has 2 heterocycles. The first kappa shape index (κ1) is 17.7. The highest BCUT2D eigenvalue weighted by Crippen LogP contribution is 2.19. The fraction of sp³-hybridized carbons (Fsp3) is 0.474. The highest BCUT2D eigenvalue weighted by molar-refractivity contribution is 7.13. The number of thiazole rings is 1. The van der Waals surface area contributed by atoms with Crippen LogP contribution in [0.1, 0.15) is 22.3 Å². The molecule has 0 atom stereocenters. The summed E-state index contributed by atoms with van der Waals surface area (Å²) < 4.78 is 0. The SMILES string of the molecule is Cc1cc(C)c(CCN=C(N)N2CCN(c3nccs3)CC2)c(C)c1. The molecule has 2 aromatic rings. The second-order valence-corrected chi connectivity index (χ2v) is 7.53. The summed E-state index contributed by atoms with van der Waals surface area (Å²) in [5.74, 6) is 0.668. The van der Waals surface area contributed by atoms with Gasteiger partial charge in [0.1, 0.15) is 0 Å². The third-order valence-corrected chi connectivity index (χ3v) is 5.60. The van der Waals surface area contributed by atoms with Crippen molar-refractivity contribution < 1.29 is 0 Å². The molecule has 6 heteroatoms. The minimum atomic E-state index is 0.668. The van der Waals surface area contributed by atoms with E-state index in [4.69, 9.17) is 5.73 Å². The predicted octanol–water partition coefficient (Wildman–Crippen LogP) is 2.75. The minimum absolute atomic E-state index is 0.668. The Bertz CT molecular complexity index is 707. The van der Waals surface area contributed by atoms with E-state index >= 15 is 0 Å². The van der Waals surface area contributed by atoms with E-state index in [-0.39, 0.29) is 0 Å². The molecule has 0 spiro atoms. The number of hydrogen-bond donors (Lipinski definition) is 1. The van der Waals surface area contributed by atoms with E-state index in [9.17, 15) is 0 Å². The summed E-state index contributed by atoms with van der Waals surface area (Å²) in [6.45, 7) is 10.9. The lowest BCUT2D eigenvalue weighted by Gasteiger charge is -2.35. The van der Waals surface area contributed by atoms with Crippen LogP contribution in [0.25, 0.3) is 0 Å². The molecule has 1 aromatic heterocycles. The van der Waals surface area contributed by atoms with Gasteiger partial charge >= 0.3 is 0 Å². The van der Waals surface area contributed by atoms with Gasteiger partial charge in [0, 0.05) is 44.3 Å². The van der Waals surface area contributed by atoms with Crippen LogP contribution < -0.4 is 10.6 Å². The molecule has 3 rings (SSSR count). The second kappa shape index (κ2) is 7.87. The van der Waals surface area contributed by atoms with E-state index < -0.39 is 0 Å². The monoisotopic (exact) mass is 357 g/mol. The maximum absolute atomic E-state index is 6.22. The van der Waals surface area contributed by atoms with Crippen molar-refractivity contribution in [2.75, 3.05) is 37.6 Å². The molecule has 1 aliphatic rings. The maximum atomic E-state index is 6.22. The van der Waals surface area contributed by atoms with E-state index in [1.807, 2.05) is 11.6 Å². The van der Waals surface area contributed by atoms with Gasteiger partial charge in [-0.25, -0.2) is 4.98 Å². The molecular formula is C19H27N5S. The molecule has 0 unspecified atom stereocenters. The molecular weight excluding hydrogens is 330 g/mol. The van der Waals surface area contributed by atoms with Gasteiger partial charge in [0.05, 0.1) is 0 Å². The van der Waals surface area contributed by atoms with Gasteiger partial charge in [-0.05, 0) is 43.9 Å². The summed E-state index contributed by atoms with van der Waals surface area (Å²) in [5, 5.41) is 3.12. The van der Waals surface area contributed by atoms with Gasteiger partial charge in [-0.3, -0.25) is 4.99 Å². The Labute approximate surface area is 154 Å². The topological polar surface area (TPSA) is 57.8 Å². The zero-order chi connectivity index (χ0) is 17.8. The Morgan fingerprint density at radius 1 is 1.16 bits per heavy atom. The van der Waals surface area contributed by atoms with Crippen molar-refractivity contribution in [2.45, 2.75) is 27.2 Å². The maximum Gasteiger partial charge on any atom is 0.191 e. The summed E-state index contributed by atoms with van der Waals surface area (Å²) in [5.41, 5.74) is 11.6. The number of aromatic nitrogens is 1. The van der Waals surface area contributed by atoms with Crippen molar-refractivity contribution in [3.05, 3.63) is 46.0 Å². The van der Waals surface area contributed by atoms with E-state index in [1.165, 1.54) is 22.3 Å². The molecule has 0 amide bonds. The van der Waals surface area contributed by atoms with Gasteiger partial charge in [-0.1, -0.05) is 17.7 Å². The lowest BCUT2D eigenvalue weighted by atomic mass is 9.97. The van der Waals surface area contributed by atoms with E-state index in [0.717, 1.165) is 44.3 Å². The molecule has 0 bridgehead atoms. The Morgan fingerprint density at radius 3 is 2.44 bits per heavy atom. The first-order chi connectivity index (χ1) is 12.0. The van der Waals surface area contributed by atoms with Crippen molar-refractivity contribution in [1.82, 2.24) is 9.88 Å². The van der Waals surface area contributed by atoms with Crippen LogP contribution in [0.15, 0.2) is 28.7 Å². The average molecular weight is 358 g/mol. The van der Waals surface area contributed by atoms with Crippen molar-refractivity contribution in [1.29, 1.82) is 0 Å². The summed E-state index contributed by atoms with van der Waals surface area (Å²) in [7, 11) is 0. The molecule has 2 N–H and O–H groups in total. The van der Waals surface area contributed by atoms with Crippen molar-refractivity contribution in [3.63, 3.8) is 0 Å². The van der Waals surface area contributed by atoms with Crippen LogP contribution in [0, 0.1) is 20.8 Å².